The van der Waals surface area contributed by atoms with Gasteiger partial charge in [0.2, 0.25) is 0 Å². The lowest BCUT2D eigenvalue weighted by Crippen LogP contribution is -2.52. The van der Waals surface area contributed by atoms with Gasteiger partial charge in [0.25, 0.3) is 5.91 Å². The van der Waals surface area contributed by atoms with Gasteiger partial charge in [0.15, 0.2) is 5.69 Å². The van der Waals surface area contributed by atoms with E-state index in [1.807, 2.05) is 70.2 Å². The number of carbonyl (C=O) groups is 1. The van der Waals surface area contributed by atoms with Crippen molar-refractivity contribution in [3.05, 3.63) is 66.4 Å². The first kappa shape index (κ1) is 18.3. The second-order valence-corrected chi connectivity index (χ2v) is 6.94. The van der Waals surface area contributed by atoms with E-state index in [4.69, 9.17) is 4.74 Å². The highest BCUT2D eigenvalue weighted by atomic mass is 16.5. The van der Waals surface area contributed by atoms with Gasteiger partial charge in [-0.15, -0.1) is 0 Å². The summed E-state index contributed by atoms with van der Waals surface area (Å²) >= 11 is 0. The maximum Gasteiger partial charge on any atom is 0.274 e. The van der Waals surface area contributed by atoms with Crippen LogP contribution >= 0.6 is 0 Å². The molecule has 3 aromatic rings. The van der Waals surface area contributed by atoms with E-state index in [1.165, 1.54) is 0 Å². The van der Waals surface area contributed by atoms with Gasteiger partial charge in [-0.25, -0.2) is 4.68 Å². The van der Waals surface area contributed by atoms with Crippen LogP contribution in [0.25, 0.3) is 16.9 Å². The van der Waals surface area contributed by atoms with Gasteiger partial charge in [-0.1, -0.05) is 18.2 Å². The topological polar surface area (TPSA) is 59.4 Å². The van der Waals surface area contributed by atoms with E-state index >= 15 is 0 Å². The highest BCUT2D eigenvalue weighted by Crippen LogP contribution is 2.27. The van der Waals surface area contributed by atoms with Gasteiger partial charge in [-0.2, -0.15) is 5.10 Å². The number of piperazine rings is 1. The first-order valence-electron chi connectivity index (χ1n) is 9.49. The van der Waals surface area contributed by atoms with Crippen LogP contribution in [0.2, 0.25) is 0 Å². The van der Waals surface area contributed by atoms with Crippen molar-refractivity contribution in [1.82, 2.24) is 20.0 Å². The molecule has 6 nitrogen and oxygen atoms in total. The minimum absolute atomic E-state index is 0.0292. The minimum atomic E-state index is -0.0292. The second kappa shape index (κ2) is 7.86. The summed E-state index contributed by atoms with van der Waals surface area (Å²) in [5.41, 5.74) is 3.23. The van der Waals surface area contributed by atoms with E-state index in [1.54, 1.807) is 7.11 Å². The number of rotatable bonds is 4. The Morgan fingerprint density at radius 1 is 1.14 bits per heavy atom. The van der Waals surface area contributed by atoms with Gasteiger partial charge in [0.05, 0.1) is 18.5 Å². The molecule has 144 valence electrons. The third kappa shape index (κ3) is 3.51. The Morgan fingerprint density at radius 2 is 1.89 bits per heavy atom. The maximum atomic E-state index is 13.1. The molecule has 6 heteroatoms. The number of para-hydroxylation sites is 1. The standard InChI is InChI=1S/C22H24N4O2/c1-16-15-23-12-13-25(16)22(27)20-14-21(17-8-10-19(28-2)11-9-17)26(24-20)18-6-4-3-5-7-18/h3-11,14,16,23H,12-13,15H2,1-2H3/t16-/m1/s1. The van der Waals surface area contributed by atoms with Gasteiger partial charge < -0.3 is 15.0 Å². The van der Waals surface area contributed by atoms with E-state index in [0.29, 0.717) is 12.2 Å². The SMILES string of the molecule is COc1ccc(-c2cc(C(=O)N3CCNC[C@H]3C)nn2-c2ccccc2)cc1. The minimum Gasteiger partial charge on any atom is -0.497 e. The van der Waals surface area contributed by atoms with Crippen LogP contribution in [0.5, 0.6) is 5.75 Å². The van der Waals surface area contributed by atoms with Crippen molar-refractivity contribution in [1.29, 1.82) is 0 Å². The molecule has 1 aromatic heterocycles. The van der Waals surface area contributed by atoms with Crippen molar-refractivity contribution in [2.24, 2.45) is 0 Å². The van der Waals surface area contributed by atoms with E-state index < -0.39 is 0 Å². The number of hydrogen-bond donors (Lipinski definition) is 1. The Morgan fingerprint density at radius 3 is 2.57 bits per heavy atom. The van der Waals surface area contributed by atoms with Gasteiger partial charge in [0.1, 0.15) is 5.75 Å². The summed E-state index contributed by atoms with van der Waals surface area (Å²) in [6, 6.07) is 19.7. The molecule has 1 saturated heterocycles. The van der Waals surface area contributed by atoms with Crippen LogP contribution in [0.1, 0.15) is 17.4 Å². The molecule has 0 aliphatic carbocycles. The van der Waals surface area contributed by atoms with Crippen molar-refractivity contribution in [2.75, 3.05) is 26.7 Å². The second-order valence-electron chi connectivity index (χ2n) is 6.94. The van der Waals surface area contributed by atoms with E-state index in [9.17, 15) is 4.79 Å². The summed E-state index contributed by atoms with van der Waals surface area (Å²) in [5.74, 6) is 0.763. The number of amides is 1. The zero-order valence-corrected chi connectivity index (χ0v) is 16.1. The molecule has 2 aromatic carbocycles. The molecule has 2 heterocycles. The number of hydrogen-bond acceptors (Lipinski definition) is 4. The average molecular weight is 376 g/mol. The summed E-state index contributed by atoms with van der Waals surface area (Å²) in [7, 11) is 1.65. The monoisotopic (exact) mass is 376 g/mol. The number of ether oxygens (including phenoxy) is 1. The molecule has 1 atom stereocenters. The van der Waals surface area contributed by atoms with Crippen molar-refractivity contribution in [3.8, 4) is 22.7 Å². The van der Waals surface area contributed by atoms with Gasteiger partial charge in [-0.3, -0.25) is 4.79 Å². The van der Waals surface area contributed by atoms with Crippen molar-refractivity contribution in [3.63, 3.8) is 0 Å². The summed E-state index contributed by atoms with van der Waals surface area (Å²) in [6.07, 6.45) is 0. The van der Waals surface area contributed by atoms with Gasteiger partial charge >= 0.3 is 0 Å². The van der Waals surface area contributed by atoms with E-state index in [2.05, 4.69) is 17.3 Å². The Balaban J connectivity index is 1.76. The molecule has 0 spiro atoms. The highest BCUT2D eigenvalue weighted by molar-refractivity contribution is 5.94. The average Bonchev–Trinajstić information content (AvgIpc) is 3.20. The number of methoxy groups -OCH3 is 1. The predicted octanol–water partition coefficient (Wildman–Crippen LogP) is 2.98. The molecule has 28 heavy (non-hydrogen) atoms. The van der Waals surface area contributed by atoms with Crippen molar-refractivity contribution in [2.45, 2.75) is 13.0 Å². The fourth-order valence-corrected chi connectivity index (χ4v) is 3.51. The van der Waals surface area contributed by atoms with Gasteiger partial charge in [-0.05, 0) is 49.4 Å². The molecule has 1 fully saturated rings. The first-order valence-corrected chi connectivity index (χ1v) is 9.49. The number of nitrogens with zero attached hydrogens (tertiary/aromatic N) is 3. The van der Waals surface area contributed by atoms with Crippen LogP contribution in [0.15, 0.2) is 60.7 Å². The fraction of sp³-hybridized carbons (Fsp3) is 0.273. The van der Waals surface area contributed by atoms with Crippen LogP contribution in [-0.2, 0) is 0 Å². The molecule has 4 rings (SSSR count). The predicted molar refractivity (Wildman–Crippen MR) is 109 cm³/mol. The summed E-state index contributed by atoms with van der Waals surface area (Å²) in [4.78, 5) is 15.0. The molecular formula is C22H24N4O2. The molecule has 1 N–H and O–H groups in total. The molecule has 1 amide bonds. The van der Waals surface area contributed by atoms with Crippen LogP contribution < -0.4 is 10.1 Å². The first-order chi connectivity index (χ1) is 13.7. The Labute approximate surface area is 164 Å². The highest BCUT2D eigenvalue weighted by Gasteiger charge is 2.27. The molecule has 0 unspecified atom stereocenters. The molecule has 0 saturated carbocycles. The molecule has 0 radical (unpaired) electrons. The normalized spacial score (nSPS) is 16.8. The summed E-state index contributed by atoms with van der Waals surface area (Å²) < 4.78 is 7.10. The summed E-state index contributed by atoms with van der Waals surface area (Å²) in [6.45, 7) is 4.36. The molecule has 1 aliphatic rings. The largest absolute Gasteiger partial charge is 0.497 e. The number of benzene rings is 2. The lowest BCUT2D eigenvalue weighted by Gasteiger charge is -2.33. The summed E-state index contributed by atoms with van der Waals surface area (Å²) in [5, 5.41) is 8.00. The zero-order valence-electron chi connectivity index (χ0n) is 16.1. The maximum absolute atomic E-state index is 13.1. The van der Waals surface area contributed by atoms with E-state index in [-0.39, 0.29) is 11.9 Å². The number of carbonyl (C=O) groups excluding carboxylic acids is 1. The third-order valence-corrected chi connectivity index (χ3v) is 5.08. The van der Waals surface area contributed by atoms with Crippen LogP contribution in [-0.4, -0.2) is 53.4 Å². The Hall–Kier alpha value is -3.12. The third-order valence-electron chi connectivity index (χ3n) is 5.08. The smallest absolute Gasteiger partial charge is 0.274 e. The molecular weight excluding hydrogens is 352 g/mol. The number of nitrogens with one attached hydrogen (secondary N) is 1. The van der Waals surface area contributed by atoms with Gasteiger partial charge in [0, 0.05) is 31.2 Å². The lowest BCUT2D eigenvalue weighted by atomic mass is 10.1. The Bertz CT molecular complexity index is 950. The van der Waals surface area contributed by atoms with Crippen LogP contribution in [0.4, 0.5) is 0 Å². The van der Waals surface area contributed by atoms with Crippen LogP contribution in [0, 0.1) is 0 Å². The Kier molecular flexibility index (Phi) is 5.12. The van der Waals surface area contributed by atoms with Crippen molar-refractivity contribution >= 4 is 5.91 Å². The molecule has 1 aliphatic heterocycles. The fourth-order valence-electron chi connectivity index (χ4n) is 3.51. The van der Waals surface area contributed by atoms with Crippen molar-refractivity contribution < 1.29 is 9.53 Å². The number of aromatic nitrogens is 2. The quantitative estimate of drug-likeness (QED) is 0.761. The lowest BCUT2D eigenvalue weighted by molar-refractivity contribution is 0.0649. The van der Waals surface area contributed by atoms with E-state index in [0.717, 1.165) is 35.8 Å². The molecule has 0 bridgehead atoms. The zero-order chi connectivity index (χ0) is 19.5. The van der Waals surface area contributed by atoms with Crippen LogP contribution in [0.3, 0.4) is 0 Å².